The van der Waals surface area contributed by atoms with Gasteiger partial charge in [0.05, 0.1) is 28.1 Å². The van der Waals surface area contributed by atoms with Crippen molar-refractivity contribution in [2.24, 2.45) is 5.92 Å². The Labute approximate surface area is 198 Å². The molecule has 8 nitrogen and oxygen atoms in total. The molecule has 1 amide bonds. The van der Waals surface area contributed by atoms with Gasteiger partial charge in [0.1, 0.15) is 11.8 Å². The lowest BCUT2D eigenvalue weighted by Crippen LogP contribution is -2.38. The van der Waals surface area contributed by atoms with E-state index in [4.69, 9.17) is 16.9 Å². The number of carbonyl (C=O) groups excluding carboxylic acids is 1. The second-order valence-corrected chi connectivity index (χ2v) is 7.76. The number of aromatic nitrogens is 4. The highest BCUT2D eigenvalue weighted by molar-refractivity contribution is 7.79. The topological polar surface area (TPSA) is 120 Å². The van der Waals surface area contributed by atoms with Crippen LogP contribution in [0.3, 0.4) is 0 Å². The van der Waals surface area contributed by atoms with Gasteiger partial charge in [-0.3, -0.25) is 14.6 Å². The molecule has 10 heteroatoms. The molecular formula is C22H27ClN6O2S. The molecule has 2 unspecified atom stereocenters. The number of benzene rings is 1. The summed E-state index contributed by atoms with van der Waals surface area (Å²) in [7, 11) is 0. The van der Waals surface area contributed by atoms with Crippen LogP contribution in [0.5, 0.6) is 0 Å². The van der Waals surface area contributed by atoms with Crippen LogP contribution in [0.25, 0.3) is 11.3 Å². The standard InChI is InChI=1S/C21H23ClN6O2.CH4S/c1-12(13(2)24-21(30)20-9-19(14(3)29)25-26-20)11-28-7-6-18(27-28)15-4-5-16(10-23)17(22)8-15;1-2/h4-9,12-14,29H,11H2,1-3H3,(H,24,30)(H,25,26);2H,1H3/t12?,13-,14?;/m0./s1. The highest BCUT2D eigenvalue weighted by Crippen LogP contribution is 2.24. The molecule has 0 aliphatic rings. The van der Waals surface area contributed by atoms with Crippen LogP contribution in [0.2, 0.25) is 5.02 Å². The number of rotatable bonds is 7. The Kier molecular flexibility index (Phi) is 9.32. The Bertz CT molecular complexity index is 1090. The summed E-state index contributed by atoms with van der Waals surface area (Å²) in [5.41, 5.74) is 2.75. The molecule has 0 aliphatic carbocycles. The number of carbonyl (C=O) groups is 1. The first kappa shape index (κ1) is 25.5. The van der Waals surface area contributed by atoms with E-state index in [9.17, 15) is 9.90 Å². The monoisotopic (exact) mass is 474 g/mol. The number of aliphatic hydroxyl groups is 1. The zero-order chi connectivity index (χ0) is 23.8. The minimum atomic E-state index is -0.713. The van der Waals surface area contributed by atoms with Crippen LogP contribution in [0.4, 0.5) is 0 Å². The number of nitriles is 1. The van der Waals surface area contributed by atoms with Crippen molar-refractivity contribution in [1.29, 1.82) is 5.26 Å². The molecule has 2 aromatic heterocycles. The average molecular weight is 475 g/mol. The van der Waals surface area contributed by atoms with Gasteiger partial charge in [0.2, 0.25) is 0 Å². The first-order valence-electron chi connectivity index (χ1n) is 10.0. The van der Waals surface area contributed by atoms with Crippen LogP contribution in [-0.4, -0.2) is 43.3 Å². The summed E-state index contributed by atoms with van der Waals surface area (Å²) >= 11 is 9.64. The molecule has 3 rings (SSSR count). The highest BCUT2D eigenvalue weighted by atomic mass is 35.5. The van der Waals surface area contributed by atoms with Crippen molar-refractivity contribution in [3.8, 4) is 17.3 Å². The number of thiol groups is 1. The van der Waals surface area contributed by atoms with Gasteiger partial charge in [-0.25, -0.2) is 0 Å². The van der Waals surface area contributed by atoms with Gasteiger partial charge in [0.25, 0.3) is 5.91 Å². The lowest BCUT2D eigenvalue weighted by atomic mass is 10.0. The summed E-state index contributed by atoms with van der Waals surface area (Å²) in [6.45, 7) is 6.15. The van der Waals surface area contributed by atoms with Gasteiger partial charge in [-0.2, -0.15) is 28.1 Å². The lowest BCUT2D eigenvalue weighted by Gasteiger charge is -2.20. The second-order valence-electron chi connectivity index (χ2n) is 7.35. The van der Waals surface area contributed by atoms with E-state index in [0.717, 1.165) is 11.3 Å². The van der Waals surface area contributed by atoms with Gasteiger partial charge in [0.15, 0.2) is 0 Å². The van der Waals surface area contributed by atoms with Crippen LogP contribution in [0.1, 0.15) is 48.6 Å². The molecule has 3 atom stereocenters. The molecule has 0 saturated carbocycles. The van der Waals surface area contributed by atoms with Crippen LogP contribution in [0, 0.1) is 17.2 Å². The molecule has 0 radical (unpaired) electrons. The van der Waals surface area contributed by atoms with E-state index < -0.39 is 6.10 Å². The Balaban J connectivity index is 0.00000176. The number of halogens is 1. The fraction of sp³-hybridized carbons (Fsp3) is 0.364. The average Bonchev–Trinajstić information content (AvgIpc) is 3.45. The summed E-state index contributed by atoms with van der Waals surface area (Å²) in [5.74, 6) is -0.202. The summed E-state index contributed by atoms with van der Waals surface area (Å²) in [5, 5.41) is 33.0. The first-order chi connectivity index (χ1) is 15.3. The normalized spacial score (nSPS) is 13.3. The predicted octanol–water partition coefficient (Wildman–Crippen LogP) is 3.85. The minimum Gasteiger partial charge on any atom is -0.387 e. The second kappa shape index (κ2) is 11.7. The van der Waals surface area contributed by atoms with Crippen LogP contribution < -0.4 is 5.32 Å². The van der Waals surface area contributed by atoms with E-state index in [1.165, 1.54) is 0 Å². The summed E-state index contributed by atoms with van der Waals surface area (Å²) < 4.78 is 1.81. The van der Waals surface area contributed by atoms with E-state index in [2.05, 4.69) is 33.2 Å². The minimum absolute atomic E-state index is 0.0985. The number of aliphatic hydroxyl groups excluding tert-OH is 1. The largest absolute Gasteiger partial charge is 0.387 e. The molecule has 32 heavy (non-hydrogen) atoms. The van der Waals surface area contributed by atoms with Crippen LogP contribution in [-0.2, 0) is 6.54 Å². The Morgan fingerprint density at radius 1 is 1.31 bits per heavy atom. The predicted molar refractivity (Wildman–Crippen MR) is 128 cm³/mol. The van der Waals surface area contributed by atoms with E-state index in [0.29, 0.717) is 22.8 Å². The molecule has 0 aliphatic heterocycles. The number of hydrogen-bond acceptors (Lipinski definition) is 6. The van der Waals surface area contributed by atoms with E-state index >= 15 is 0 Å². The zero-order valence-corrected chi connectivity index (χ0v) is 20.0. The third kappa shape index (κ3) is 6.36. The molecule has 0 spiro atoms. The zero-order valence-electron chi connectivity index (χ0n) is 18.4. The van der Waals surface area contributed by atoms with Gasteiger partial charge < -0.3 is 10.4 Å². The third-order valence-corrected chi connectivity index (χ3v) is 5.31. The van der Waals surface area contributed by atoms with Gasteiger partial charge >= 0.3 is 0 Å². The number of H-pyrrole nitrogens is 1. The molecule has 3 N–H and O–H groups in total. The number of nitrogens with one attached hydrogen (secondary N) is 2. The molecule has 3 aromatic rings. The SMILES string of the molecule is CC(O)c1cc(C(=O)N[C@@H](C)C(C)Cn2ccc(-c3ccc(C#N)c(Cl)c3)n2)n[nH]1.CS. The molecule has 0 bridgehead atoms. The van der Waals surface area contributed by atoms with Gasteiger partial charge in [-0.1, -0.05) is 24.6 Å². The number of nitrogens with zero attached hydrogens (tertiary/aromatic N) is 4. The van der Waals surface area contributed by atoms with Gasteiger partial charge in [-0.05, 0) is 50.3 Å². The molecular weight excluding hydrogens is 448 g/mol. The molecule has 0 saturated heterocycles. The van der Waals surface area contributed by atoms with Crippen molar-refractivity contribution in [3.05, 3.63) is 58.5 Å². The number of aromatic amines is 1. The first-order valence-corrected chi connectivity index (χ1v) is 11.3. The Morgan fingerprint density at radius 2 is 2.03 bits per heavy atom. The van der Waals surface area contributed by atoms with Crippen molar-refractivity contribution < 1.29 is 9.90 Å². The van der Waals surface area contributed by atoms with Crippen molar-refractivity contribution in [2.45, 2.75) is 39.5 Å². The molecule has 170 valence electrons. The highest BCUT2D eigenvalue weighted by Gasteiger charge is 2.19. The van der Waals surface area contributed by atoms with Gasteiger partial charge in [-0.15, -0.1) is 0 Å². The smallest absolute Gasteiger partial charge is 0.271 e. The summed E-state index contributed by atoms with van der Waals surface area (Å²) in [6, 6.07) is 10.6. The van der Waals surface area contributed by atoms with Crippen molar-refractivity contribution in [1.82, 2.24) is 25.3 Å². The summed E-state index contributed by atoms with van der Waals surface area (Å²) in [4.78, 5) is 12.4. The van der Waals surface area contributed by atoms with Gasteiger partial charge in [0, 0.05) is 24.3 Å². The summed E-state index contributed by atoms with van der Waals surface area (Å²) in [6.07, 6.45) is 2.85. The maximum atomic E-state index is 12.4. The Morgan fingerprint density at radius 3 is 2.62 bits per heavy atom. The maximum absolute atomic E-state index is 12.4. The fourth-order valence-electron chi connectivity index (χ4n) is 2.93. The number of amides is 1. The number of hydrogen-bond donors (Lipinski definition) is 4. The van der Waals surface area contributed by atoms with E-state index in [-0.39, 0.29) is 23.6 Å². The molecule has 0 fully saturated rings. The fourth-order valence-corrected chi connectivity index (χ4v) is 3.15. The van der Waals surface area contributed by atoms with Crippen LogP contribution >= 0.6 is 24.2 Å². The van der Waals surface area contributed by atoms with Crippen LogP contribution in [0.15, 0.2) is 36.5 Å². The van der Waals surface area contributed by atoms with Crippen molar-refractivity contribution in [2.75, 3.05) is 6.26 Å². The van der Waals surface area contributed by atoms with Crippen molar-refractivity contribution in [3.63, 3.8) is 0 Å². The molecule has 1 aromatic carbocycles. The van der Waals surface area contributed by atoms with E-state index in [1.54, 1.807) is 31.4 Å². The van der Waals surface area contributed by atoms with Crippen molar-refractivity contribution >= 4 is 30.1 Å². The Hall–Kier alpha value is -2.80. The maximum Gasteiger partial charge on any atom is 0.271 e. The lowest BCUT2D eigenvalue weighted by molar-refractivity contribution is 0.0920. The quantitative estimate of drug-likeness (QED) is 0.388. The van der Waals surface area contributed by atoms with E-state index in [1.807, 2.05) is 42.9 Å². The third-order valence-electron chi connectivity index (χ3n) is 4.99. The molecule has 2 heterocycles.